The van der Waals surface area contributed by atoms with Crippen molar-refractivity contribution in [3.63, 3.8) is 0 Å². The number of aromatic nitrogens is 4. The van der Waals surface area contributed by atoms with Crippen molar-refractivity contribution in [3.8, 4) is 5.69 Å². The highest BCUT2D eigenvalue weighted by Gasteiger charge is 2.23. The van der Waals surface area contributed by atoms with Crippen LogP contribution in [0, 0.1) is 5.92 Å². The molecular weight excluding hydrogens is 342 g/mol. The van der Waals surface area contributed by atoms with E-state index >= 15 is 0 Å². The van der Waals surface area contributed by atoms with E-state index in [2.05, 4.69) is 15.5 Å². The zero-order valence-corrected chi connectivity index (χ0v) is 14.1. The Hall–Kier alpha value is -2.67. The third-order valence-corrected chi connectivity index (χ3v) is 4.73. The zero-order chi connectivity index (χ0) is 17.4. The van der Waals surface area contributed by atoms with E-state index in [0.29, 0.717) is 21.7 Å². The van der Waals surface area contributed by atoms with Crippen LogP contribution in [0.2, 0.25) is 5.02 Å². The topological polar surface area (TPSA) is 81.8 Å². The van der Waals surface area contributed by atoms with Gasteiger partial charge in [0, 0.05) is 10.9 Å². The van der Waals surface area contributed by atoms with Crippen LogP contribution in [0.25, 0.3) is 16.7 Å². The fourth-order valence-corrected chi connectivity index (χ4v) is 3.37. The smallest absolute Gasteiger partial charge is 0.273 e. The molecular formula is C17H16ClN5O2. The molecule has 1 N–H and O–H groups in total. The highest BCUT2D eigenvalue weighted by atomic mass is 35.5. The Labute approximate surface area is 148 Å². The molecule has 0 bridgehead atoms. The molecule has 8 heteroatoms. The van der Waals surface area contributed by atoms with E-state index in [1.165, 1.54) is 12.5 Å². The first-order valence-corrected chi connectivity index (χ1v) is 8.53. The number of carbonyl (C=O) groups excluding carboxylic acids is 1. The largest absolute Gasteiger partial charge is 0.283 e. The van der Waals surface area contributed by atoms with Crippen LogP contribution in [-0.4, -0.2) is 25.3 Å². The molecule has 2 heterocycles. The van der Waals surface area contributed by atoms with Crippen LogP contribution >= 0.6 is 11.6 Å². The molecule has 0 atom stereocenters. The van der Waals surface area contributed by atoms with Crippen molar-refractivity contribution in [1.82, 2.24) is 19.4 Å². The van der Waals surface area contributed by atoms with E-state index < -0.39 is 0 Å². The van der Waals surface area contributed by atoms with E-state index in [1.54, 1.807) is 22.9 Å². The molecule has 1 fully saturated rings. The molecule has 1 aliphatic rings. The van der Waals surface area contributed by atoms with Crippen LogP contribution in [0.15, 0.2) is 41.6 Å². The predicted octanol–water partition coefficient (Wildman–Crippen LogP) is 2.50. The lowest BCUT2D eigenvalue weighted by molar-refractivity contribution is -0.120. The Kier molecular flexibility index (Phi) is 4.01. The van der Waals surface area contributed by atoms with E-state index in [9.17, 15) is 9.59 Å². The number of carbonyl (C=O) groups is 1. The van der Waals surface area contributed by atoms with Crippen molar-refractivity contribution >= 4 is 28.5 Å². The van der Waals surface area contributed by atoms with Crippen molar-refractivity contribution < 1.29 is 4.79 Å². The van der Waals surface area contributed by atoms with E-state index in [-0.39, 0.29) is 17.4 Å². The summed E-state index contributed by atoms with van der Waals surface area (Å²) in [6.07, 6.45) is 6.60. The number of hydrogen-bond acceptors (Lipinski definition) is 4. The van der Waals surface area contributed by atoms with Crippen LogP contribution in [0.5, 0.6) is 0 Å². The number of hydrogen-bond donors (Lipinski definition) is 1. The molecule has 0 unspecified atom stereocenters. The molecule has 7 nitrogen and oxygen atoms in total. The SMILES string of the molecule is O=C(Nn1cnc2c(cnn2-c2cccc(Cl)c2)c1=O)C1CCCC1. The van der Waals surface area contributed by atoms with Gasteiger partial charge in [0.05, 0.1) is 11.9 Å². The van der Waals surface area contributed by atoms with Gasteiger partial charge >= 0.3 is 0 Å². The van der Waals surface area contributed by atoms with Gasteiger partial charge in [-0.15, -0.1) is 0 Å². The normalized spacial score (nSPS) is 14.9. The summed E-state index contributed by atoms with van der Waals surface area (Å²) in [5.74, 6) is -0.167. The fraction of sp³-hybridized carbons (Fsp3) is 0.294. The van der Waals surface area contributed by atoms with Crippen molar-refractivity contribution in [2.24, 2.45) is 5.92 Å². The Morgan fingerprint density at radius 2 is 2.08 bits per heavy atom. The van der Waals surface area contributed by atoms with E-state index in [0.717, 1.165) is 30.4 Å². The maximum atomic E-state index is 12.6. The predicted molar refractivity (Wildman–Crippen MR) is 94.5 cm³/mol. The minimum Gasteiger partial charge on any atom is -0.273 e. The Morgan fingerprint density at radius 1 is 1.28 bits per heavy atom. The molecule has 4 rings (SSSR count). The lowest BCUT2D eigenvalue weighted by Crippen LogP contribution is -2.36. The lowest BCUT2D eigenvalue weighted by atomic mass is 10.1. The highest BCUT2D eigenvalue weighted by molar-refractivity contribution is 6.30. The molecule has 0 radical (unpaired) electrons. The van der Waals surface area contributed by atoms with Gasteiger partial charge in [0.25, 0.3) is 5.56 Å². The van der Waals surface area contributed by atoms with Crippen molar-refractivity contribution in [3.05, 3.63) is 52.2 Å². The van der Waals surface area contributed by atoms with Crippen molar-refractivity contribution in [1.29, 1.82) is 0 Å². The number of rotatable bonds is 3. The summed E-state index contributed by atoms with van der Waals surface area (Å²) in [4.78, 5) is 29.1. The second-order valence-electron chi connectivity index (χ2n) is 6.15. The standard InChI is InChI=1S/C17H16ClN5O2/c18-12-6-3-7-13(8-12)23-15-14(9-20-23)17(25)22(10-19-15)21-16(24)11-4-1-2-5-11/h3,6-11H,1-2,4-5H2,(H,21,24). The number of nitrogens with zero attached hydrogens (tertiary/aromatic N) is 4. The van der Waals surface area contributed by atoms with E-state index in [1.807, 2.05) is 6.07 Å². The van der Waals surface area contributed by atoms with Gasteiger partial charge in [-0.1, -0.05) is 30.5 Å². The number of amides is 1. The van der Waals surface area contributed by atoms with Crippen molar-refractivity contribution in [2.45, 2.75) is 25.7 Å². The highest BCUT2D eigenvalue weighted by Crippen LogP contribution is 2.24. The molecule has 2 aromatic heterocycles. The maximum Gasteiger partial charge on any atom is 0.283 e. The average molecular weight is 358 g/mol. The zero-order valence-electron chi connectivity index (χ0n) is 13.4. The van der Waals surface area contributed by atoms with Crippen LogP contribution in [0.1, 0.15) is 25.7 Å². The van der Waals surface area contributed by atoms with Gasteiger partial charge in [-0.2, -0.15) is 5.10 Å². The Balaban J connectivity index is 1.70. The van der Waals surface area contributed by atoms with Gasteiger partial charge in [-0.3, -0.25) is 15.0 Å². The van der Waals surface area contributed by atoms with Crippen molar-refractivity contribution in [2.75, 3.05) is 5.43 Å². The van der Waals surface area contributed by atoms with Gasteiger partial charge in [-0.25, -0.2) is 14.3 Å². The first kappa shape index (κ1) is 15.8. The Bertz CT molecular complexity index is 1000. The second-order valence-corrected chi connectivity index (χ2v) is 6.59. The lowest BCUT2D eigenvalue weighted by Gasteiger charge is -2.11. The van der Waals surface area contributed by atoms with Crippen LogP contribution in [-0.2, 0) is 4.79 Å². The van der Waals surface area contributed by atoms with Gasteiger partial charge in [0.2, 0.25) is 5.91 Å². The molecule has 3 aromatic rings. The molecule has 1 amide bonds. The number of halogens is 1. The monoisotopic (exact) mass is 357 g/mol. The minimum atomic E-state index is -0.357. The van der Waals surface area contributed by atoms with Crippen LogP contribution < -0.4 is 11.0 Å². The minimum absolute atomic E-state index is 0.0308. The number of nitrogens with one attached hydrogen (secondary N) is 1. The third kappa shape index (κ3) is 2.91. The summed E-state index contributed by atoms with van der Waals surface area (Å²) in [7, 11) is 0. The van der Waals surface area contributed by atoms with Gasteiger partial charge in [0.1, 0.15) is 11.7 Å². The van der Waals surface area contributed by atoms with Crippen LogP contribution in [0.4, 0.5) is 0 Å². The van der Waals surface area contributed by atoms with Gasteiger partial charge < -0.3 is 0 Å². The molecule has 1 aliphatic carbocycles. The second kappa shape index (κ2) is 6.33. The summed E-state index contributed by atoms with van der Waals surface area (Å²) in [6, 6.07) is 7.13. The summed E-state index contributed by atoms with van der Waals surface area (Å²) in [6.45, 7) is 0. The third-order valence-electron chi connectivity index (χ3n) is 4.50. The molecule has 1 saturated carbocycles. The molecule has 0 saturated heterocycles. The molecule has 0 spiro atoms. The first-order chi connectivity index (χ1) is 12.1. The number of fused-ring (bicyclic) bond motifs is 1. The summed E-state index contributed by atoms with van der Waals surface area (Å²) in [5.41, 5.74) is 3.42. The van der Waals surface area contributed by atoms with E-state index in [4.69, 9.17) is 11.6 Å². The molecule has 25 heavy (non-hydrogen) atoms. The first-order valence-electron chi connectivity index (χ1n) is 8.16. The summed E-state index contributed by atoms with van der Waals surface area (Å²) >= 11 is 6.01. The van der Waals surface area contributed by atoms with Crippen LogP contribution in [0.3, 0.4) is 0 Å². The Morgan fingerprint density at radius 3 is 2.84 bits per heavy atom. The molecule has 0 aliphatic heterocycles. The quantitative estimate of drug-likeness (QED) is 0.780. The molecule has 128 valence electrons. The van der Waals surface area contributed by atoms with Gasteiger partial charge in [0.15, 0.2) is 5.65 Å². The average Bonchev–Trinajstić information content (AvgIpc) is 3.27. The summed E-state index contributed by atoms with van der Waals surface area (Å²) in [5, 5.41) is 5.13. The number of benzene rings is 1. The summed E-state index contributed by atoms with van der Waals surface area (Å²) < 4.78 is 2.68. The maximum absolute atomic E-state index is 12.6. The molecule has 1 aromatic carbocycles. The van der Waals surface area contributed by atoms with Gasteiger partial charge in [-0.05, 0) is 31.0 Å². The fourth-order valence-electron chi connectivity index (χ4n) is 3.19.